The SMILES string of the molecule is Fc1ccc(CNCC2(C3CC3)CC2)cc1Br. The Bertz CT molecular complexity index is 424. The summed E-state index contributed by atoms with van der Waals surface area (Å²) in [5, 5.41) is 3.53. The Kier molecular flexibility index (Phi) is 2.99. The summed E-state index contributed by atoms with van der Waals surface area (Å²) < 4.78 is 13.6. The first-order valence-corrected chi connectivity index (χ1v) is 7.14. The second-order valence-corrected chi connectivity index (χ2v) is 6.34. The van der Waals surface area contributed by atoms with Gasteiger partial charge >= 0.3 is 0 Å². The van der Waals surface area contributed by atoms with Gasteiger partial charge in [-0.25, -0.2) is 4.39 Å². The zero-order valence-corrected chi connectivity index (χ0v) is 11.4. The van der Waals surface area contributed by atoms with Crippen molar-refractivity contribution >= 4 is 15.9 Å². The Morgan fingerprint density at radius 2 is 2.12 bits per heavy atom. The van der Waals surface area contributed by atoms with E-state index < -0.39 is 0 Å². The molecular formula is C14H17BrFN. The highest BCUT2D eigenvalue weighted by atomic mass is 79.9. The van der Waals surface area contributed by atoms with Crippen LogP contribution < -0.4 is 5.32 Å². The van der Waals surface area contributed by atoms with Gasteiger partial charge in [-0.3, -0.25) is 0 Å². The van der Waals surface area contributed by atoms with Crippen molar-refractivity contribution in [1.29, 1.82) is 0 Å². The molecule has 0 bridgehead atoms. The molecule has 0 saturated heterocycles. The lowest BCUT2D eigenvalue weighted by Gasteiger charge is -2.15. The van der Waals surface area contributed by atoms with Crippen LogP contribution in [-0.2, 0) is 6.54 Å². The summed E-state index contributed by atoms with van der Waals surface area (Å²) in [6.45, 7) is 1.97. The number of benzene rings is 1. The lowest BCUT2D eigenvalue weighted by molar-refractivity contribution is 0.403. The van der Waals surface area contributed by atoms with Gasteiger partial charge in [0.1, 0.15) is 5.82 Å². The predicted octanol–water partition coefficient (Wildman–Crippen LogP) is 3.87. The monoisotopic (exact) mass is 297 g/mol. The van der Waals surface area contributed by atoms with Crippen LogP contribution in [0.25, 0.3) is 0 Å². The first kappa shape index (κ1) is 11.7. The first-order valence-electron chi connectivity index (χ1n) is 6.34. The van der Waals surface area contributed by atoms with Crippen LogP contribution >= 0.6 is 15.9 Å². The van der Waals surface area contributed by atoms with Gasteiger partial charge in [0.25, 0.3) is 0 Å². The molecule has 3 heteroatoms. The summed E-state index contributed by atoms with van der Waals surface area (Å²) in [7, 11) is 0. The van der Waals surface area contributed by atoms with Gasteiger partial charge in [-0.2, -0.15) is 0 Å². The Morgan fingerprint density at radius 3 is 2.71 bits per heavy atom. The molecule has 0 heterocycles. The van der Waals surface area contributed by atoms with Crippen LogP contribution in [0.15, 0.2) is 22.7 Å². The molecule has 92 valence electrons. The molecule has 1 aromatic rings. The molecule has 0 unspecified atom stereocenters. The van der Waals surface area contributed by atoms with Crippen LogP contribution in [0.2, 0.25) is 0 Å². The van der Waals surface area contributed by atoms with Crippen molar-refractivity contribution in [2.24, 2.45) is 11.3 Å². The number of hydrogen-bond acceptors (Lipinski definition) is 1. The molecule has 2 saturated carbocycles. The minimum absolute atomic E-state index is 0.189. The Morgan fingerprint density at radius 1 is 1.35 bits per heavy atom. The zero-order chi connectivity index (χ0) is 11.9. The molecule has 0 radical (unpaired) electrons. The number of hydrogen-bond donors (Lipinski definition) is 1. The molecule has 0 spiro atoms. The molecule has 0 aliphatic heterocycles. The molecule has 1 N–H and O–H groups in total. The van der Waals surface area contributed by atoms with Gasteiger partial charge in [0, 0.05) is 13.1 Å². The molecule has 1 nitrogen and oxygen atoms in total. The molecule has 0 amide bonds. The van der Waals surface area contributed by atoms with Gasteiger partial charge in [-0.05, 0) is 70.6 Å². The van der Waals surface area contributed by atoms with Crippen molar-refractivity contribution in [2.45, 2.75) is 32.2 Å². The van der Waals surface area contributed by atoms with Crippen LogP contribution in [0.5, 0.6) is 0 Å². The third-order valence-electron chi connectivity index (χ3n) is 4.13. The molecule has 2 fully saturated rings. The molecular weight excluding hydrogens is 281 g/mol. The van der Waals surface area contributed by atoms with E-state index in [0.29, 0.717) is 9.89 Å². The summed E-state index contributed by atoms with van der Waals surface area (Å²) in [5.41, 5.74) is 1.78. The fourth-order valence-electron chi connectivity index (χ4n) is 2.69. The largest absolute Gasteiger partial charge is 0.312 e. The Labute approximate surface area is 110 Å². The molecule has 2 aliphatic rings. The van der Waals surface area contributed by atoms with Crippen molar-refractivity contribution in [3.05, 3.63) is 34.1 Å². The average Bonchev–Trinajstić information content (AvgIpc) is 3.14. The van der Waals surface area contributed by atoms with E-state index in [0.717, 1.165) is 24.6 Å². The predicted molar refractivity (Wildman–Crippen MR) is 70.2 cm³/mol. The lowest BCUT2D eigenvalue weighted by Crippen LogP contribution is -2.25. The average molecular weight is 298 g/mol. The summed E-state index contributed by atoms with van der Waals surface area (Å²) in [6.07, 6.45) is 5.67. The van der Waals surface area contributed by atoms with Crippen LogP contribution in [0.1, 0.15) is 31.2 Å². The topological polar surface area (TPSA) is 12.0 Å². The van der Waals surface area contributed by atoms with Crippen molar-refractivity contribution in [1.82, 2.24) is 5.32 Å². The standard InChI is InChI=1S/C14H17BrFN/c15-12-7-10(1-4-13(12)16)8-17-9-14(5-6-14)11-2-3-11/h1,4,7,11,17H,2-3,5-6,8-9H2. The molecule has 17 heavy (non-hydrogen) atoms. The Balaban J connectivity index is 1.52. The maximum atomic E-state index is 13.1. The minimum atomic E-state index is -0.189. The highest BCUT2D eigenvalue weighted by Gasteiger charge is 2.53. The fraction of sp³-hybridized carbons (Fsp3) is 0.571. The van der Waals surface area contributed by atoms with E-state index in [1.165, 1.54) is 31.7 Å². The maximum absolute atomic E-state index is 13.1. The van der Waals surface area contributed by atoms with Gasteiger partial charge < -0.3 is 5.32 Å². The quantitative estimate of drug-likeness (QED) is 0.870. The van der Waals surface area contributed by atoms with Crippen LogP contribution in [0, 0.1) is 17.2 Å². The summed E-state index contributed by atoms with van der Waals surface area (Å²) in [4.78, 5) is 0. The van der Waals surface area contributed by atoms with E-state index >= 15 is 0 Å². The van der Waals surface area contributed by atoms with Crippen molar-refractivity contribution in [2.75, 3.05) is 6.54 Å². The van der Waals surface area contributed by atoms with E-state index in [2.05, 4.69) is 21.2 Å². The highest BCUT2D eigenvalue weighted by Crippen LogP contribution is 2.60. The first-order chi connectivity index (χ1) is 8.20. The molecule has 2 aliphatic carbocycles. The van der Waals surface area contributed by atoms with Crippen LogP contribution in [0.4, 0.5) is 4.39 Å². The smallest absolute Gasteiger partial charge is 0.137 e. The second kappa shape index (κ2) is 4.36. The number of halogens is 2. The van der Waals surface area contributed by atoms with E-state index in [4.69, 9.17) is 0 Å². The van der Waals surface area contributed by atoms with Gasteiger partial charge in [0.15, 0.2) is 0 Å². The zero-order valence-electron chi connectivity index (χ0n) is 9.81. The third kappa shape index (κ3) is 2.55. The van der Waals surface area contributed by atoms with E-state index in [1.807, 2.05) is 12.1 Å². The van der Waals surface area contributed by atoms with E-state index in [9.17, 15) is 4.39 Å². The third-order valence-corrected chi connectivity index (χ3v) is 4.73. The van der Waals surface area contributed by atoms with Crippen LogP contribution in [0.3, 0.4) is 0 Å². The van der Waals surface area contributed by atoms with Gasteiger partial charge in [-0.15, -0.1) is 0 Å². The second-order valence-electron chi connectivity index (χ2n) is 5.49. The highest BCUT2D eigenvalue weighted by molar-refractivity contribution is 9.10. The fourth-order valence-corrected chi connectivity index (χ4v) is 3.12. The number of nitrogens with one attached hydrogen (secondary N) is 1. The molecule has 0 aromatic heterocycles. The van der Waals surface area contributed by atoms with Crippen molar-refractivity contribution in [3.8, 4) is 0 Å². The summed E-state index contributed by atoms with van der Waals surface area (Å²) >= 11 is 3.22. The minimum Gasteiger partial charge on any atom is -0.312 e. The lowest BCUT2D eigenvalue weighted by atomic mass is 10.0. The molecule has 0 atom stereocenters. The van der Waals surface area contributed by atoms with E-state index in [-0.39, 0.29) is 5.82 Å². The normalized spacial score (nSPS) is 21.5. The van der Waals surface area contributed by atoms with Gasteiger partial charge in [0.2, 0.25) is 0 Å². The molecule has 3 rings (SSSR count). The summed E-state index contributed by atoms with van der Waals surface area (Å²) in [6, 6.07) is 5.23. The van der Waals surface area contributed by atoms with Crippen molar-refractivity contribution < 1.29 is 4.39 Å². The van der Waals surface area contributed by atoms with Crippen molar-refractivity contribution in [3.63, 3.8) is 0 Å². The maximum Gasteiger partial charge on any atom is 0.137 e. The summed E-state index contributed by atoms with van der Waals surface area (Å²) in [5.74, 6) is 0.806. The van der Waals surface area contributed by atoms with Gasteiger partial charge in [0.05, 0.1) is 4.47 Å². The van der Waals surface area contributed by atoms with Crippen LogP contribution in [-0.4, -0.2) is 6.54 Å². The number of rotatable bonds is 5. The molecule has 1 aromatic carbocycles. The Hall–Kier alpha value is -0.410. The van der Waals surface area contributed by atoms with Gasteiger partial charge in [-0.1, -0.05) is 6.07 Å². The van der Waals surface area contributed by atoms with E-state index in [1.54, 1.807) is 0 Å².